The minimum absolute atomic E-state index is 0.0635. The number of carboxylic acids is 1. The van der Waals surface area contributed by atoms with Crippen LogP contribution in [0.25, 0.3) is 0 Å². The summed E-state index contributed by atoms with van der Waals surface area (Å²) in [6.45, 7) is 1.74. The summed E-state index contributed by atoms with van der Waals surface area (Å²) in [7, 11) is 1.76. The number of aromatic nitrogens is 3. The molecule has 1 amide bonds. The highest BCUT2D eigenvalue weighted by Crippen LogP contribution is 2.11. The van der Waals surface area contributed by atoms with E-state index in [-0.39, 0.29) is 17.4 Å². The molecule has 2 heterocycles. The van der Waals surface area contributed by atoms with Crippen LogP contribution in [-0.2, 0) is 7.05 Å². The van der Waals surface area contributed by atoms with Crippen LogP contribution >= 0.6 is 0 Å². The number of carbonyl (C=O) groups is 2. The van der Waals surface area contributed by atoms with Gasteiger partial charge in [0.25, 0.3) is 5.91 Å². The number of aromatic carboxylic acids is 1. The van der Waals surface area contributed by atoms with Gasteiger partial charge in [-0.1, -0.05) is 0 Å². The molecule has 19 heavy (non-hydrogen) atoms. The number of furan rings is 1. The van der Waals surface area contributed by atoms with Crippen LogP contribution in [0.3, 0.4) is 0 Å². The van der Waals surface area contributed by atoms with E-state index in [1.54, 1.807) is 18.5 Å². The van der Waals surface area contributed by atoms with Gasteiger partial charge in [0.15, 0.2) is 11.6 Å². The second-order valence-corrected chi connectivity index (χ2v) is 4.00. The van der Waals surface area contributed by atoms with Gasteiger partial charge in [0, 0.05) is 13.1 Å². The van der Waals surface area contributed by atoms with E-state index < -0.39 is 11.9 Å². The number of carboxylic acid groups (broad SMARTS) is 1. The number of aryl methyl sites for hydroxylation is 1. The molecule has 8 nitrogen and oxygen atoms in total. The Hall–Kier alpha value is -2.64. The Morgan fingerprint density at radius 3 is 2.79 bits per heavy atom. The van der Waals surface area contributed by atoms with E-state index in [1.807, 2.05) is 0 Å². The molecule has 0 saturated carbocycles. The molecule has 0 spiro atoms. The second-order valence-electron chi connectivity index (χ2n) is 4.00. The molecule has 0 saturated heterocycles. The number of amides is 1. The Bertz CT molecular complexity index is 616. The third-order valence-corrected chi connectivity index (χ3v) is 2.55. The molecule has 0 aliphatic rings. The normalized spacial score (nSPS) is 12.1. The third-order valence-electron chi connectivity index (χ3n) is 2.55. The van der Waals surface area contributed by atoms with Gasteiger partial charge in [-0.25, -0.2) is 4.79 Å². The van der Waals surface area contributed by atoms with Crippen molar-refractivity contribution in [3.8, 4) is 0 Å². The fraction of sp³-hybridized carbons (Fsp3) is 0.273. The van der Waals surface area contributed by atoms with E-state index >= 15 is 0 Å². The highest BCUT2D eigenvalue weighted by atomic mass is 16.4. The Morgan fingerprint density at radius 2 is 2.26 bits per heavy atom. The zero-order valence-electron chi connectivity index (χ0n) is 10.3. The van der Waals surface area contributed by atoms with Gasteiger partial charge >= 0.3 is 5.97 Å². The molecule has 2 rings (SSSR count). The van der Waals surface area contributed by atoms with Gasteiger partial charge in [0.1, 0.15) is 12.6 Å². The Balaban J connectivity index is 2.08. The molecule has 0 bridgehead atoms. The quantitative estimate of drug-likeness (QED) is 0.836. The van der Waals surface area contributed by atoms with Gasteiger partial charge in [-0.2, -0.15) is 0 Å². The molecule has 2 aromatic heterocycles. The lowest BCUT2D eigenvalue weighted by molar-refractivity contribution is 0.0695. The molecule has 0 fully saturated rings. The summed E-state index contributed by atoms with van der Waals surface area (Å²) in [6, 6.07) is 0.791. The van der Waals surface area contributed by atoms with Crippen LogP contribution < -0.4 is 5.32 Å². The number of nitrogens with one attached hydrogen (secondary N) is 1. The SMILES string of the molecule is CC(NC(=O)c1cc(C(=O)O)co1)c1nncn1C. The minimum atomic E-state index is -1.15. The number of hydrogen-bond acceptors (Lipinski definition) is 5. The monoisotopic (exact) mass is 264 g/mol. The van der Waals surface area contributed by atoms with Crippen LogP contribution in [-0.4, -0.2) is 31.7 Å². The number of hydrogen-bond donors (Lipinski definition) is 2. The van der Waals surface area contributed by atoms with Crippen molar-refractivity contribution in [1.29, 1.82) is 0 Å². The molecule has 8 heteroatoms. The highest BCUT2D eigenvalue weighted by molar-refractivity contribution is 5.95. The summed E-state index contributed by atoms with van der Waals surface area (Å²) < 4.78 is 6.58. The van der Waals surface area contributed by atoms with E-state index in [0.717, 1.165) is 6.26 Å². The molecule has 2 N–H and O–H groups in total. The second kappa shape index (κ2) is 4.92. The summed E-state index contributed by atoms with van der Waals surface area (Å²) in [4.78, 5) is 22.5. The van der Waals surface area contributed by atoms with Crippen LogP contribution in [0.15, 0.2) is 23.1 Å². The van der Waals surface area contributed by atoms with Crippen molar-refractivity contribution in [3.05, 3.63) is 35.8 Å². The molecular weight excluding hydrogens is 252 g/mol. The van der Waals surface area contributed by atoms with Crippen LogP contribution in [0.2, 0.25) is 0 Å². The molecule has 0 aliphatic carbocycles. The molecule has 0 radical (unpaired) electrons. The molecule has 2 aromatic rings. The zero-order valence-corrected chi connectivity index (χ0v) is 10.3. The van der Waals surface area contributed by atoms with Crippen LogP contribution in [0.5, 0.6) is 0 Å². The first-order chi connectivity index (χ1) is 8.99. The number of carbonyl (C=O) groups excluding carboxylic acids is 1. The van der Waals surface area contributed by atoms with Crippen molar-refractivity contribution in [3.63, 3.8) is 0 Å². The Morgan fingerprint density at radius 1 is 1.53 bits per heavy atom. The highest BCUT2D eigenvalue weighted by Gasteiger charge is 2.19. The van der Waals surface area contributed by atoms with Crippen molar-refractivity contribution in [2.24, 2.45) is 7.05 Å². The van der Waals surface area contributed by atoms with E-state index in [9.17, 15) is 9.59 Å². The third kappa shape index (κ3) is 2.62. The maximum absolute atomic E-state index is 11.8. The summed E-state index contributed by atoms with van der Waals surface area (Å²) in [5, 5.41) is 19.0. The maximum atomic E-state index is 11.8. The van der Waals surface area contributed by atoms with Gasteiger partial charge in [0.05, 0.1) is 11.6 Å². The molecule has 1 atom stereocenters. The fourth-order valence-corrected chi connectivity index (χ4v) is 1.58. The standard InChI is InChI=1S/C11H12N4O4/c1-6(9-14-12-5-15(9)2)13-10(16)8-3-7(4-19-8)11(17)18/h3-6H,1-2H3,(H,13,16)(H,17,18). The van der Waals surface area contributed by atoms with E-state index in [1.165, 1.54) is 12.4 Å². The Labute approximate surface area is 108 Å². The van der Waals surface area contributed by atoms with Crippen molar-refractivity contribution in [2.75, 3.05) is 0 Å². The lowest BCUT2D eigenvalue weighted by atomic mass is 10.2. The summed E-state index contributed by atoms with van der Waals surface area (Å²) in [5.74, 6) is -1.14. The smallest absolute Gasteiger partial charge is 0.338 e. The lowest BCUT2D eigenvalue weighted by Crippen LogP contribution is -2.28. The van der Waals surface area contributed by atoms with Gasteiger partial charge in [-0.3, -0.25) is 4.79 Å². The lowest BCUT2D eigenvalue weighted by Gasteiger charge is -2.11. The van der Waals surface area contributed by atoms with Gasteiger partial charge in [-0.05, 0) is 6.92 Å². The first-order valence-corrected chi connectivity index (χ1v) is 5.45. The van der Waals surface area contributed by atoms with Crippen molar-refractivity contribution in [1.82, 2.24) is 20.1 Å². The molecule has 0 aromatic carbocycles. The topological polar surface area (TPSA) is 110 Å². The summed E-state index contributed by atoms with van der Waals surface area (Å²) in [5.41, 5.74) is -0.0727. The average molecular weight is 264 g/mol. The Kier molecular flexibility index (Phi) is 3.32. The van der Waals surface area contributed by atoms with Crippen molar-refractivity contribution in [2.45, 2.75) is 13.0 Å². The van der Waals surface area contributed by atoms with Crippen LogP contribution in [0.4, 0.5) is 0 Å². The molecule has 1 unspecified atom stereocenters. The zero-order chi connectivity index (χ0) is 14.0. The predicted molar refractivity (Wildman–Crippen MR) is 62.6 cm³/mol. The van der Waals surface area contributed by atoms with Crippen molar-refractivity contribution < 1.29 is 19.1 Å². The van der Waals surface area contributed by atoms with E-state index in [2.05, 4.69) is 15.5 Å². The minimum Gasteiger partial charge on any atom is -0.478 e. The van der Waals surface area contributed by atoms with E-state index in [0.29, 0.717) is 5.82 Å². The van der Waals surface area contributed by atoms with Crippen LogP contribution in [0, 0.1) is 0 Å². The van der Waals surface area contributed by atoms with E-state index in [4.69, 9.17) is 9.52 Å². The maximum Gasteiger partial charge on any atom is 0.338 e. The average Bonchev–Trinajstić information content (AvgIpc) is 2.96. The van der Waals surface area contributed by atoms with Gasteiger partial charge in [0.2, 0.25) is 0 Å². The largest absolute Gasteiger partial charge is 0.478 e. The first-order valence-electron chi connectivity index (χ1n) is 5.45. The molecule has 100 valence electrons. The van der Waals surface area contributed by atoms with Crippen LogP contribution in [0.1, 0.15) is 39.7 Å². The summed E-state index contributed by atoms with van der Waals surface area (Å²) in [6.07, 6.45) is 2.54. The molecular formula is C11H12N4O4. The fourth-order valence-electron chi connectivity index (χ4n) is 1.58. The van der Waals surface area contributed by atoms with Crippen molar-refractivity contribution >= 4 is 11.9 Å². The first kappa shape index (κ1) is 12.8. The summed E-state index contributed by atoms with van der Waals surface area (Å²) >= 11 is 0. The number of nitrogens with zero attached hydrogens (tertiary/aromatic N) is 3. The van der Waals surface area contributed by atoms with Gasteiger partial charge in [-0.15, -0.1) is 10.2 Å². The number of rotatable bonds is 4. The van der Waals surface area contributed by atoms with Gasteiger partial charge < -0.3 is 19.4 Å². The molecule has 0 aliphatic heterocycles. The predicted octanol–water partition coefficient (Wildman–Crippen LogP) is 0.597.